The number of hydrogen-bond acceptors (Lipinski definition) is 3. The fourth-order valence-electron chi connectivity index (χ4n) is 1.41. The molecule has 4 nitrogen and oxygen atoms in total. The number of halogens is 1. The number of carbonyl (C=O) groups is 2. The molecule has 0 saturated heterocycles. The van der Waals surface area contributed by atoms with Crippen LogP contribution in [0.25, 0.3) is 0 Å². The van der Waals surface area contributed by atoms with Gasteiger partial charge in [-0.1, -0.05) is 25.4 Å². The Labute approximate surface area is 121 Å². The molecule has 6 heteroatoms. The molecule has 0 aliphatic heterocycles. The molecule has 0 aliphatic rings. The minimum Gasteiger partial charge on any atom is -0.480 e. The third-order valence-corrected chi connectivity index (χ3v) is 3.70. The molecule has 0 aromatic heterocycles. The number of carboxylic acids is 1. The van der Waals surface area contributed by atoms with E-state index in [0.29, 0.717) is 5.02 Å². The molecule has 1 aromatic rings. The number of carbonyl (C=O) groups excluding carboxylic acids is 1. The summed E-state index contributed by atoms with van der Waals surface area (Å²) in [5.74, 6) is -1.28. The Morgan fingerprint density at radius 3 is 2.37 bits per heavy atom. The number of hydrogen-bond donors (Lipinski definition) is 2. The molecule has 0 saturated carbocycles. The van der Waals surface area contributed by atoms with Crippen LogP contribution in [0.4, 0.5) is 0 Å². The van der Waals surface area contributed by atoms with Gasteiger partial charge < -0.3 is 10.4 Å². The molecule has 1 aromatic carbocycles. The molecule has 2 N–H and O–H groups in total. The van der Waals surface area contributed by atoms with Crippen molar-refractivity contribution in [1.82, 2.24) is 5.32 Å². The Morgan fingerprint density at radius 2 is 1.89 bits per heavy atom. The van der Waals surface area contributed by atoms with Crippen LogP contribution in [0.1, 0.15) is 13.8 Å². The fraction of sp³-hybridized carbons (Fsp3) is 0.385. The summed E-state index contributed by atoms with van der Waals surface area (Å²) < 4.78 is 0. The van der Waals surface area contributed by atoms with Crippen molar-refractivity contribution >= 4 is 35.2 Å². The summed E-state index contributed by atoms with van der Waals surface area (Å²) in [5.41, 5.74) is 0. The SMILES string of the molecule is CC(C)[C@H](NC(=O)CSc1ccc(Cl)cc1)C(=O)O. The minimum atomic E-state index is -1.01. The van der Waals surface area contributed by atoms with E-state index in [1.165, 1.54) is 11.8 Å². The Morgan fingerprint density at radius 1 is 1.32 bits per heavy atom. The van der Waals surface area contributed by atoms with Gasteiger partial charge in [0.1, 0.15) is 6.04 Å². The molecule has 0 radical (unpaired) electrons. The van der Waals surface area contributed by atoms with E-state index in [1.807, 2.05) is 12.1 Å². The van der Waals surface area contributed by atoms with Crippen LogP contribution in [0, 0.1) is 5.92 Å². The van der Waals surface area contributed by atoms with E-state index in [0.717, 1.165) is 4.90 Å². The fourth-order valence-corrected chi connectivity index (χ4v) is 2.24. The zero-order valence-electron chi connectivity index (χ0n) is 10.7. The van der Waals surface area contributed by atoms with Crippen molar-refractivity contribution in [3.8, 4) is 0 Å². The van der Waals surface area contributed by atoms with Crippen molar-refractivity contribution in [2.45, 2.75) is 24.8 Å². The summed E-state index contributed by atoms with van der Waals surface area (Å²) in [6.07, 6.45) is 0. The van der Waals surface area contributed by atoms with E-state index in [-0.39, 0.29) is 17.6 Å². The molecule has 0 fully saturated rings. The molecule has 0 bridgehead atoms. The second-order valence-corrected chi connectivity index (χ2v) is 5.86. The molecular formula is C13H16ClNO3S. The van der Waals surface area contributed by atoms with E-state index in [9.17, 15) is 9.59 Å². The Hall–Kier alpha value is -1.20. The number of amides is 1. The molecule has 0 heterocycles. The molecule has 0 aliphatic carbocycles. The molecule has 1 amide bonds. The standard InChI is InChI=1S/C13H16ClNO3S/c1-8(2)12(13(17)18)15-11(16)7-19-10-5-3-9(14)4-6-10/h3-6,8,12H,7H2,1-2H3,(H,15,16)(H,17,18)/t12-/m0/s1. The van der Waals surface area contributed by atoms with Crippen molar-refractivity contribution in [3.05, 3.63) is 29.3 Å². The van der Waals surface area contributed by atoms with Crippen LogP contribution in [-0.4, -0.2) is 28.8 Å². The summed E-state index contributed by atoms with van der Waals surface area (Å²) >= 11 is 7.10. The number of nitrogens with one attached hydrogen (secondary N) is 1. The van der Waals surface area contributed by atoms with E-state index in [2.05, 4.69) is 5.32 Å². The van der Waals surface area contributed by atoms with E-state index < -0.39 is 12.0 Å². The maximum absolute atomic E-state index is 11.7. The largest absolute Gasteiger partial charge is 0.480 e. The number of rotatable bonds is 6. The van der Waals surface area contributed by atoms with E-state index in [1.54, 1.807) is 26.0 Å². The van der Waals surface area contributed by atoms with Crippen molar-refractivity contribution in [2.24, 2.45) is 5.92 Å². The van der Waals surface area contributed by atoms with Crippen molar-refractivity contribution < 1.29 is 14.7 Å². The Kier molecular flexibility index (Phi) is 6.18. The third kappa shape index (κ3) is 5.53. The first-order chi connectivity index (χ1) is 8.90. The number of benzene rings is 1. The van der Waals surface area contributed by atoms with Crippen molar-refractivity contribution in [2.75, 3.05) is 5.75 Å². The lowest BCUT2D eigenvalue weighted by molar-refractivity contribution is -0.142. The first kappa shape index (κ1) is 15.9. The lowest BCUT2D eigenvalue weighted by Crippen LogP contribution is -2.45. The Bertz CT molecular complexity index is 448. The van der Waals surface area contributed by atoms with Gasteiger partial charge in [0.25, 0.3) is 0 Å². The van der Waals surface area contributed by atoms with Gasteiger partial charge in [-0.05, 0) is 30.2 Å². The van der Waals surface area contributed by atoms with Crippen LogP contribution < -0.4 is 5.32 Å². The summed E-state index contributed by atoms with van der Waals surface area (Å²) in [4.78, 5) is 23.5. The van der Waals surface area contributed by atoms with Crippen LogP contribution in [0.15, 0.2) is 29.2 Å². The van der Waals surface area contributed by atoms with E-state index >= 15 is 0 Å². The second kappa shape index (κ2) is 7.40. The highest BCUT2D eigenvalue weighted by Gasteiger charge is 2.23. The van der Waals surface area contributed by atoms with Gasteiger partial charge in [-0.15, -0.1) is 11.8 Å². The second-order valence-electron chi connectivity index (χ2n) is 4.37. The predicted molar refractivity (Wildman–Crippen MR) is 76.6 cm³/mol. The Balaban J connectivity index is 2.47. The highest BCUT2D eigenvalue weighted by Crippen LogP contribution is 2.20. The van der Waals surface area contributed by atoms with Gasteiger partial charge in [-0.3, -0.25) is 4.79 Å². The smallest absolute Gasteiger partial charge is 0.326 e. The van der Waals surface area contributed by atoms with Gasteiger partial charge >= 0.3 is 5.97 Å². The van der Waals surface area contributed by atoms with Crippen LogP contribution in [0.5, 0.6) is 0 Å². The average Bonchev–Trinajstić information content (AvgIpc) is 2.34. The lowest BCUT2D eigenvalue weighted by Gasteiger charge is -2.17. The summed E-state index contributed by atoms with van der Waals surface area (Å²) in [6, 6.07) is 6.28. The molecule has 104 valence electrons. The minimum absolute atomic E-state index is 0.151. The molecule has 0 spiro atoms. The van der Waals surface area contributed by atoms with Gasteiger partial charge in [0, 0.05) is 9.92 Å². The molecule has 1 rings (SSSR count). The molecule has 0 unspecified atom stereocenters. The maximum atomic E-state index is 11.7. The van der Waals surface area contributed by atoms with Crippen LogP contribution in [-0.2, 0) is 9.59 Å². The van der Waals surface area contributed by atoms with Crippen molar-refractivity contribution in [3.63, 3.8) is 0 Å². The van der Waals surface area contributed by atoms with Gasteiger partial charge in [0.2, 0.25) is 5.91 Å². The first-order valence-corrected chi connectivity index (χ1v) is 7.17. The summed E-state index contributed by atoms with van der Waals surface area (Å²) in [5, 5.41) is 12.1. The highest BCUT2D eigenvalue weighted by atomic mass is 35.5. The zero-order valence-corrected chi connectivity index (χ0v) is 12.3. The maximum Gasteiger partial charge on any atom is 0.326 e. The van der Waals surface area contributed by atoms with Crippen LogP contribution in [0.2, 0.25) is 5.02 Å². The topological polar surface area (TPSA) is 66.4 Å². The first-order valence-electron chi connectivity index (χ1n) is 5.80. The van der Waals surface area contributed by atoms with Gasteiger partial charge in [-0.25, -0.2) is 4.79 Å². The summed E-state index contributed by atoms with van der Waals surface area (Å²) in [7, 11) is 0. The zero-order chi connectivity index (χ0) is 14.4. The monoisotopic (exact) mass is 301 g/mol. The number of carboxylic acid groups (broad SMARTS) is 1. The van der Waals surface area contributed by atoms with Crippen LogP contribution >= 0.6 is 23.4 Å². The predicted octanol–water partition coefficient (Wildman–Crippen LogP) is 2.66. The summed E-state index contributed by atoms with van der Waals surface area (Å²) in [6.45, 7) is 3.51. The van der Waals surface area contributed by atoms with Gasteiger partial charge in [0.15, 0.2) is 0 Å². The number of thioether (sulfide) groups is 1. The van der Waals surface area contributed by atoms with E-state index in [4.69, 9.17) is 16.7 Å². The molecular weight excluding hydrogens is 286 g/mol. The quantitative estimate of drug-likeness (QED) is 0.793. The average molecular weight is 302 g/mol. The normalized spacial score (nSPS) is 12.2. The van der Waals surface area contributed by atoms with Crippen LogP contribution in [0.3, 0.4) is 0 Å². The molecule has 1 atom stereocenters. The van der Waals surface area contributed by atoms with Crippen molar-refractivity contribution in [1.29, 1.82) is 0 Å². The third-order valence-electron chi connectivity index (χ3n) is 2.43. The highest BCUT2D eigenvalue weighted by molar-refractivity contribution is 8.00. The van der Waals surface area contributed by atoms with Gasteiger partial charge in [-0.2, -0.15) is 0 Å². The number of aliphatic carboxylic acids is 1. The lowest BCUT2D eigenvalue weighted by atomic mass is 10.1. The molecule has 19 heavy (non-hydrogen) atoms. The van der Waals surface area contributed by atoms with Gasteiger partial charge in [0.05, 0.1) is 5.75 Å².